The van der Waals surface area contributed by atoms with Crippen LogP contribution >= 0.6 is 0 Å². The van der Waals surface area contributed by atoms with Crippen molar-refractivity contribution in [2.24, 2.45) is 0 Å². The van der Waals surface area contributed by atoms with Gasteiger partial charge < -0.3 is 10.1 Å². The van der Waals surface area contributed by atoms with E-state index in [9.17, 15) is 14.4 Å². The normalized spacial score (nSPS) is 21.5. The third-order valence-electron chi connectivity index (χ3n) is 4.80. The summed E-state index contributed by atoms with van der Waals surface area (Å²) in [6.07, 6.45) is 0.420. The Morgan fingerprint density at radius 1 is 1.23 bits per heavy atom. The van der Waals surface area contributed by atoms with Crippen LogP contribution in [-0.2, 0) is 25.3 Å². The van der Waals surface area contributed by atoms with Gasteiger partial charge in [-0.3, -0.25) is 14.5 Å². The Labute approximate surface area is 154 Å². The SMILES string of the molecule is CCC(C)OC(=O)CN1C(=O)NC(C)(c2ccc(C(C)(C)C)cc2)C1=O. The zero-order valence-corrected chi connectivity index (χ0v) is 16.4. The highest BCUT2D eigenvalue weighted by Gasteiger charge is 2.49. The van der Waals surface area contributed by atoms with Gasteiger partial charge in [-0.05, 0) is 36.8 Å². The number of hydrogen-bond donors (Lipinski definition) is 1. The van der Waals surface area contributed by atoms with Crippen molar-refractivity contribution in [3.63, 3.8) is 0 Å². The molecule has 0 radical (unpaired) electrons. The highest BCUT2D eigenvalue weighted by molar-refractivity contribution is 6.08. The second kappa shape index (κ2) is 7.09. The van der Waals surface area contributed by atoms with Gasteiger partial charge in [-0.15, -0.1) is 0 Å². The van der Waals surface area contributed by atoms with Crippen molar-refractivity contribution in [2.75, 3.05) is 6.54 Å². The first-order valence-corrected chi connectivity index (χ1v) is 8.93. The smallest absolute Gasteiger partial charge is 0.326 e. The minimum atomic E-state index is -1.19. The fraction of sp³-hybridized carbons (Fsp3) is 0.550. The van der Waals surface area contributed by atoms with E-state index in [1.54, 1.807) is 13.8 Å². The Morgan fingerprint density at radius 2 is 1.81 bits per heavy atom. The Balaban J connectivity index is 2.19. The lowest BCUT2D eigenvalue weighted by atomic mass is 9.84. The lowest BCUT2D eigenvalue weighted by Crippen LogP contribution is -2.42. The van der Waals surface area contributed by atoms with Crippen LogP contribution in [0, 0.1) is 0 Å². The zero-order valence-electron chi connectivity index (χ0n) is 16.4. The number of nitrogens with one attached hydrogen (secondary N) is 1. The van der Waals surface area contributed by atoms with Gasteiger partial charge in [0.2, 0.25) is 0 Å². The molecule has 2 unspecified atom stereocenters. The van der Waals surface area contributed by atoms with Gasteiger partial charge in [-0.2, -0.15) is 0 Å². The Morgan fingerprint density at radius 3 is 2.31 bits per heavy atom. The highest BCUT2D eigenvalue weighted by Crippen LogP contribution is 2.31. The molecule has 26 heavy (non-hydrogen) atoms. The van der Waals surface area contributed by atoms with Crippen LogP contribution < -0.4 is 5.32 Å². The molecule has 0 bridgehead atoms. The Kier molecular flexibility index (Phi) is 5.44. The first-order valence-electron chi connectivity index (χ1n) is 8.93. The summed E-state index contributed by atoms with van der Waals surface area (Å²) >= 11 is 0. The monoisotopic (exact) mass is 360 g/mol. The molecular weight excluding hydrogens is 332 g/mol. The van der Waals surface area contributed by atoms with Crippen molar-refractivity contribution in [2.45, 2.75) is 65.0 Å². The third kappa shape index (κ3) is 3.89. The first kappa shape index (κ1) is 19.9. The largest absolute Gasteiger partial charge is 0.461 e. The fourth-order valence-electron chi connectivity index (χ4n) is 2.81. The predicted molar refractivity (Wildman–Crippen MR) is 98.6 cm³/mol. The number of nitrogens with zero attached hydrogens (tertiary/aromatic N) is 1. The van der Waals surface area contributed by atoms with Crippen molar-refractivity contribution in [1.82, 2.24) is 10.2 Å². The molecule has 1 saturated heterocycles. The summed E-state index contributed by atoms with van der Waals surface area (Å²) in [4.78, 5) is 38.0. The maximum atomic E-state index is 12.8. The van der Waals surface area contributed by atoms with Crippen LogP contribution in [0.3, 0.4) is 0 Å². The van der Waals surface area contributed by atoms with Crippen LogP contribution in [0.15, 0.2) is 24.3 Å². The quantitative estimate of drug-likeness (QED) is 0.647. The number of amides is 3. The van der Waals surface area contributed by atoms with Gasteiger partial charge in [-0.1, -0.05) is 52.0 Å². The molecule has 0 spiro atoms. The van der Waals surface area contributed by atoms with Crippen molar-refractivity contribution < 1.29 is 19.1 Å². The highest BCUT2D eigenvalue weighted by atomic mass is 16.5. The summed E-state index contributed by atoms with van der Waals surface area (Å²) in [5.41, 5.74) is 0.621. The number of urea groups is 1. The molecule has 142 valence electrons. The molecule has 0 saturated carbocycles. The molecule has 1 aromatic carbocycles. The molecule has 1 fully saturated rings. The molecule has 2 atom stereocenters. The molecule has 1 aromatic rings. The number of esters is 1. The molecule has 1 aliphatic heterocycles. The molecule has 2 rings (SSSR count). The fourth-order valence-corrected chi connectivity index (χ4v) is 2.81. The molecule has 1 N–H and O–H groups in total. The van der Waals surface area contributed by atoms with E-state index in [2.05, 4.69) is 26.1 Å². The second-order valence-corrected chi connectivity index (χ2v) is 7.98. The van der Waals surface area contributed by atoms with Crippen molar-refractivity contribution in [3.8, 4) is 0 Å². The molecule has 6 nitrogen and oxygen atoms in total. The molecular formula is C20H28N2O4. The maximum Gasteiger partial charge on any atom is 0.326 e. The number of imide groups is 1. The van der Waals surface area contributed by atoms with Gasteiger partial charge in [0.1, 0.15) is 12.1 Å². The predicted octanol–water partition coefficient (Wildman–Crippen LogP) is 3.09. The topological polar surface area (TPSA) is 75.7 Å². The number of carbonyl (C=O) groups excluding carboxylic acids is 3. The van der Waals surface area contributed by atoms with Crippen LogP contribution in [0.4, 0.5) is 4.79 Å². The number of benzene rings is 1. The molecule has 6 heteroatoms. The van der Waals surface area contributed by atoms with Gasteiger partial charge >= 0.3 is 12.0 Å². The standard InChI is InChI=1S/C20H28N2O4/c1-7-13(2)26-16(23)12-22-17(24)20(6,21-18(22)25)15-10-8-14(9-11-15)19(3,4)5/h8-11,13H,7,12H2,1-6H3,(H,21,25). The van der Waals surface area contributed by atoms with Gasteiger partial charge in [0.15, 0.2) is 0 Å². The van der Waals surface area contributed by atoms with E-state index >= 15 is 0 Å². The van der Waals surface area contributed by atoms with E-state index in [0.29, 0.717) is 12.0 Å². The van der Waals surface area contributed by atoms with Crippen LogP contribution in [0.25, 0.3) is 0 Å². The average molecular weight is 360 g/mol. The number of carbonyl (C=O) groups is 3. The van der Waals surface area contributed by atoms with Crippen molar-refractivity contribution in [3.05, 3.63) is 35.4 Å². The maximum absolute atomic E-state index is 12.8. The summed E-state index contributed by atoms with van der Waals surface area (Å²) in [7, 11) is 0. The molecule has 1 heterocycles. The lowest BCUT2D eigenvalue weighted by molar-refractivity contribution is -0.151. The van der Waals surface area contributed by atoms with Gasteiger partial charge in [0.05, 0.1) is 6.10 Å². The molecule has 0 aliphatic carbocycles. The zero-order chi connectivity index (χ0) is 19.7. The molecule has 1 aliphatic rings. The number of rotatable bonds is 5. The molecule has 0 aromatic heterocycles. The minimum absolute atomic E-state index is 0.00582. The minimum Gasteiger partial charge on any atom is -0.461 e. The summed E-state index contributed by atoms with van der Waals surface area (Å²) < 4.78 is 5.17. The van der Waals surface area contributed by atoms with Crippen LogP contribution in [0.2, 0.25) is 0 Å². The lowest BCUT2D eigenvalue weighted by Gasteiger charge is -2.24. The Hall–Kier alpha value is -2.37. The van der Waals surface area contributed by atoms with E-state index in [1.807, 2.05) is 31.2 Å². The molecule has 3 amide bonds. The first-order chi connectivity index (χ1) is 12.0. The number of hydrogen-bond acceptors (Lipinski definition) is 4. The Bertz CT molecular complexity index is 706. The van der Waals surface area contributed by atoms with E-state index in [4.69, 9.17) is 4.74 Å². The van der Waals surface area contributed by atoms with Crippen molar-refractivity contribution in [1.29, 1.82) is 0 Å². The second-order valence-electron chi connectivity index (χ2n) is 7.98. The summed E-state index contributed by atoms with van der Waals surface area (Å²) in [6.45, 7) is 11.3. The van der Waals surface area contributed by atoms with Crippen LogP contribution in [0.5, 0.6) is 0 Å². The van der Waals surface area contributed by atoms with Crippen LogP contribution in [0.1, 0.15) is 59.1 Å². The summed E-state index contributed by atoms with van der Waals surface area (Å²) in [5.74, 6) is -1.04. The van der Waals surface area contributed by atoms with E-state index in [1.165, 1.54) is 0 Å². The van der Waals surface area contributed by atoms with Crippen LogP contribution in [-0.4, -0.2) is 35.5 Å². The van der Waals surface area contributed by atoms with Gasteiger partial charge in [-0.25, -0.2) is 4.79 Å². The average Bonchev–Trinajstić information content (AvgIpc) is 2.78. The summed E-state index contributed by atoms with van der Waals surface area (Å²) in [6, 6.07) is 7.03. The van der Waals surface area contributed by atoms with Crippen molar-refractivity contribution >= 4 is 17.9 Å². The van der Waals surface area contributed by atoms with E-state index in [0.717, 1.165) is 10.5 Å². The van der Waals surface area contributed by atoms with E-state index in [-0.39, 0.29) is 18.1 Å². The third-order valence-corrected chi connectivity index (χ3v) is 4.80. The van der Waals surface area contributed by atoms with Gasteiger partial charge in [0, 0.05) is 0 Å². The number of ether oxygens (including phenoxy) is 1. The van der Waals surface area contributed by atoms with E-state index < -0.39 is 23.4 Å². The summed E-state index contributed by atoms with van der Waals surface area (Å²) in [5, 5.41) is 2.71. The van der Waals surface area contributed by atoms with Gasteiger partial charge in [0.25, 0.3) is 5.91 Å².